The Morgan fingerprint density at radius 2 is 1.76 bits per heavy atom. The van der Waals surface area contributed by atoms with Gasteiger partial charge in [0.2, 0.25) is 0 Å². The van der Waals surface area contributed by atoms with Gasteiger partial charge in [0.25, 0.3) is 5.91 Å². The molecular formula is C25H36IN5O2. The normalized spacial score (nSPS) is 14.2. The first kappa shape index (κ1) is 26.8. The number of carbonyl (C=O) groups excluding carboxylic acids is 1. The minimum Gasteiger partial charge on any atom is -0.484 e. The second kappa shape index (κ2) is 14.6. The van der Waals surface area contributed by atoms with Crippen molar-refractivity contribution < 1.29 is 9.53 Å². The van der Waals surface area contributed by atoms with Gasteiger partial charge in [-0.25, -0.2) is 4.99 Å². The van der Waals surface area contributed by atoms with Crippen LogP contribution in [-0.4, -0.2) is 50.7 Å². The summed E-state index contributed by atoms with van der Waals surface area (Å²) in [5.41, 5.74) is 2.33. The SMILES string of the molecule is CCNC(=O)COc1cccc(CN=C(NCC)NC2CCN(c3ccccc3)CC2)c1.I. The molecule has 0 saturated carbocycles. The van der Waals surface area contributed by atoms with E-state index in [-0.39, 0.29) is 36.5 Å². The number of amides is 1. The molecule has 1 heterocycles. The number of aliphatic imine (C=N–C) groups is 1. The molecule has 0 aromatic heterocycles. The summed E-state index contributed by atoms with van der Waals surface area (Å²) in [7, 11) is 0. The summed E-state index contributed by atoms with van der Waals surface area (Å²) in [5, 5.41) is 9.68. The third-order valence-electron chi connectivity index (χ3n) is 5.36. The number of para-hydroxylation sites is 1. The number of hydrogen-bond donors (Lipinski definition) is 3. The molecular weight excluding hydrogens is 529 g/mol. The highest BCUT2D eigenvalue weighted by Gasteiger charge is 2.20. The first-order valence-electron chi connectivity index (χ1n) is 11.5. The van der Waals surface area contributed by atoms with Crippen molar-refractivity contribution in [2.75, 3.05) is 37.7 Å². The van der Waals surface area contributed by atoms with Crippen LogP contribution in [0.5, 0.6) is 5.75 Å². The molecule has 1 amide bonds. The Labute approximate surface area is 214 Å². The zero-order valence-electron chi connectivity index (χ0n) is 19.5. The van der Waals surface area contributed by atoms with E-state index < -0.39 is 0 Å². The van der Waals surface area contributed by atoms with Gasteiger partial charge in [0.1, 0.15) is 5.75 Å². The van der Waals surface area contributed by atoms with Crippen LogP contribution >= 0.6 is 24.0 Å². The van der Waals surface area contributed by atoms with Gasteiger partial charge in [0, 0.05) is 37.9 Å². The summed E-state index contributed by atoms with van der Waals surface area (Å²) in [6.07, 6.45) is 2.14. The Bertz CT molecular complexity index is 870. The van der Waals surface area contributed by atoms with E-state index in [1.165, 1.54) is 5.69 Å². The molecule has 3 rings (SSSR count). The predicted molar refractivity (Wildman–Crippen MR) is 146 cm³/mol. The van der Waals surface area contributed by atoms with Crippen molar-refractivity contribution in [3.8, 4) is 5.75 Å². The summed E-state index contributed by atoms with van der Waals surface area (Å²) < 4.78 is 5.59. The quantitative estimate of drug-likeness (QED) is 0.247. The van der Waals surface area contributed by atoms with Gasteiger partial charge in [0.15, 0.2) is 12.6 Å². The molecule has 8 heteroatoms. The molecule has 0 atom stereocenters. The van der Waals surface area contributed by atoms with E-state index in [1.54, 1.807) is 0 Å². The molecule has 0 bridgehead atoms. The van der Waals surface area contributed by atoms with Gasteiger partial charge in [0.05, 0.1) is 6.54 Å². The maximum atomic E-state index is 11.6. The largest absolute Gasteiger partial charge is 0.484 e. The number of piperidine rings is 1. The highest BCUT2D eigenvalue weighted by atomic mass is 127. The van der Waals surface area contributed by atoms with Crippen molar-refractivity contribution in [3.05, 3.63) is 60.2 Å². The lowest BCUT2D eigenvalue weighted by molar-refractivity contribution is -0.122. The summed E-state index contributed by atoms with van der Waals surface area (Å²) in [6.45, 7) is 8.00. The molecule has 180 valence electrons. The second-order valence-corrected chi connectivity index (χ2v) is 7.83. The smallest absolute Gasteiger partial charge is 0.257 e. The van der Waals surface area contributed by atoms with Gasteiger partial charge >= 0.3 is 0 Å². The van der Waals surface area contributed by atoms with Crippen LogP contribution < -0.4 is 25.6 Å². The van der Waals surface area contributed by atoms with Crippen LogP contribution in [0, 0.1) is 0 Å². The highest BCUT2D eigenvalue weighted by molar-refractivity contribution is 14.0. The summed E-state index contributed by atoms with van der Waals surface area (Å²) in [6, 6.07) is 18.7. The fourth-order valence-electron chi connectivity index (χ4n) is 3.74. The van der Waals surface area contributed by atoms with Gasteiger partial charge in [-0.3, -0.25) is 4.79 Å². The number of halogens is 1. The molecule has 1 fully saturated rings. The average Bonchev–Trinajstić information content (AvgIpc) is 2.83. The maximum Gasteiger partial charge on any atom is 0.257 e. The number of benzene rings is 2. The van der Waals surface area contributed by atoms with Crippen molar-refractivity contribution in [1.82, 2.24) is 16.0 Å². The van der Waals surface area contributed by atoms with E-state index in [9.17, 15) is 4.79 Å². The highest BCUT2D eigenvalue weighted by Crippen LogP contribution is 2.19. The summed E-state index contributed by atoms with van der Waals surface area (Å²) in [5.74, 6) is 1.39. The van der Waals surface area contributed by atoms with Crippen LogP contribution in [0.2, 0.25) is 0 Å². The van der Waals surface area contributed by atoms with E-state index >= 15 is 0 Å². The molecule has 33 heavy (non-hydrogen) atoms. The number of rotatable bonds is 9. The van der Waals surface area contributed by atoms with Crippen molar-refractivity contribution in [2.45, 2.75) is 39.3 Å². The first-order chi connectivity index (χ1) is 15.7. The Balaban J connectivity index is 0.00000385. The molecule has 2 aromatic rings. The number of anilines is 1. The number of ether oxygens (including phenoxy) is 1. The summed E-state index contributed by atoms with van der Waals surface area (Å²) >= 11 is 0. The molecule has 0 spiro atoms. The van der Waals surface area contributed by atoms with Crippen LogP contribution in [-0.2, 0) is 11.3 Å². The number of nitrogens with zero attached hydrogens (tertiary/aromatic N) is 2. The van der Waals surface area contributed by atoms with Crippen molar-refractivity contribution in [1.29, 1.82) is 0 Å². The average molecular weight is 566 g/mol. The van der Waals surface area contributed by atoms with Gasteiger partial charge in [-0.1, -0.05) is 30.3 Å². The Kier molecular flexibility index (Phi) is 11.9. The molecule has 0 aliphatic carbocycles. The Morgan fingerprint density at radius 3 is 2.45 bits per heavy atom. The minimum absolute atomic E-state index is 0. The number of guanidine groups is 1. The minimum atomic E-state index is -0.118. The molecule has 1 aliphatic rings. The third kappa shape index (κ3) is 9.11. The Morgan fingerprint density at radius 1 is 1.03 bits per heavy atom. The van der Waals surface area contributed by atoms with Crippen molar-refractivity contribution in [3.63, 3.8) is 0 Å². The van der Waals surface area contributed by atoms with E-state index in [0.717, 1.165) is 44.0 Å². The van der Waals surface area contributed by atoms with Crippen LogP contribution in [0.4, 0.5) is 5.69 Å². The van der Waals surface area contributed by atoms with Gasteiger partial charge in [-0.15, -0.1) is 24.0 Å². The summed E-state index contributed by atoms with van der Waals surface area (Å²) in [4.78, 5) is 18.8. The number of likely N-dealkylation sites (N-methyl/N-ethyl adjacent to an activating group) is 1. The van der Waals surface area contributed by atoms with E-state index in [1.807, 2.05) is 31.2 Å². The van der Waals surface area contributed by atoms with Crippen molar-refractivity contribution >= 4 is 41.5 Å². The Hall–Kier alpha value is -2.49. The number of carbonyl (C=O) groups is 1. The lowest BCUT2D eigenvalue weighted by Crippen LogP contribution is -2.48. The number of nitrogens with one attached hydrogen (secondary N) is 3. The van der Waals surface area contributed by atoms with Gasteiger partial charge < -0.3 is 25.6 Å². The standard InChI is InChI=1S/C25H35N5O2.HI/c1-3-26-24(31)19-32-23-12-8-9-20(17-23)18-28-25(27-4-2)29-21-13-15-30(16-14-21)22-10-6-5-7-11-22;/h5-12,17,21H,3-4,13-16,18-19H2,1-2H3,(H,26,31)(H2,27,28,29);1H. The monoisotopic (exact) mass is 565 g/mol. The number of hydrogen-bond acceptors (Lipinski definition) is 4. The van der Waals surface area contributed by atoms with Crippen LogP contribution in [0.3, 0.4) is 0 Å². The molecule has 7 nitrogen and oxygen atoms in total. The zero-order valence-corrected chi connectivity index (χ0v) is 21.9. The molecule has 3 N–H and O–H groups in total. The van der Waals surface area contributed by atoms with Crippen LogP contribution in [0.25, 0.3) is 0 Å². The topological polar surface area (TPSA) is 78.0 Å². The maximum absolute atomic E-state index is 11.6. The zero-order chi connectivity index (χ0) is 22.6. The fourth-order valence-corrected chi connectivity index (χ4v) is 3.74. The molecule has 0 radical (unpaired) electrons. The van der Waals surface area contributed by atoms with E-state index in [4.69, 9.17) is 9.73 Å². The predicted octanol–water partition coefficient (Wildman–Crippen LogP) is 3.54. The van der Waals surface area contributed by atoms with E-state index in [2.05, 4.69) is 58.1 Å². The van der Waals surface area contributed by atoms with Crippen LogP contribution in [0.15, 0.2) is 59.6 Å². The molecule has 1 saturated heterocycles. The van der Waals surface area contributed by atoms with Gasteiger partial charge in [-0.2, -0.15) is 0 Å². The molecule has 2 aromatic carbocycles. The second-order valence-electron chi connectivity index (χ2n) is 7.83. The lowest BCUT2D eigenvalue weighted by atomic mass is 10.0. The molecule has 0 unspecified atom stereocenters. The third-order valence-corrected chi connectivity index (χ3v) is 5.36. The molecule has 1 aliphatic heterocycles. The van der Waals surface area contributed by atoms with Crippen molar-refractivity contribution in [2.24, 2.45) is 4.99 Å². The van der Waals surface area contributed by atoms with Gasteiger partial charge in [-0.05, 0) is 56.5 Å². The lowest BCUT2D eigenvalue weighted by Gasteiger charge is -2.34. The fraction of sp³-hybridized carbons (Fsp3) is 0.440. The van der Waals surface area contributed by atoms with Crippen LogP contribution in [0.1, 0.15) is 32.3 Å². The first-order valence-corrected chi connectivity index (χ1v) is 11.5. The van der Waals surface area contributed by atoms with E-state index in [0.29, 0.717) is 24.9 Å².